The molecular formula is C16H21NO3. The zero-order valence-corrected chi connectivity index (χ0v) is 12.0. The van der Waals surface area contributed by atoms with Crippen LogP contribution in [0.2, 0.25) is 0 Å². The van der Waals surface area contributed by atoms with Crippen LogP contribution in [-0.2, 0) is 9.63 Å². The van der Waals surface area contributed by atoms with Gasteiger partial charge in [-0.15, -0.1) is 0 Å². The van der Waals surface area contributed by atoms with E-state index in [2.05, 4.69) is 19.0 Å². The molecule has 0 aromatic heterocycles. The van der Waals surface area contributed by atoms with Gasteiger partial charge in [-0.3, -0.25) is 4.79 Å². The molecule has 4 heteroatoms. The highest BCUT2D eigenvalue weighted by molar-refractivity contribution is 6.01. The van der Waals surface area contributed by atoms with Crippen molar-refractivity contribution in [2.45, 2.75) is 45.6 Å². The van der Waals surface area contributed by atoms with Crippen LogP contribution in [0.25, 0.3) is 0 Å². The monoisotopic (exact) mass is 275 g/mol. The van der Waals surface area contributed by atoms with Gasteiger partial charge >= 0.3 is 0 Å². The topological polar surface area (TPSA) is 58.9 Å². The van der Waals surface area contributed by atoms with Gasteiger partial charge in [0.25, 0.3) is 0 Å². The SMILES string of the molecule is CC(C)CCC(=O)CC1CC(c2ccc(O)cc2)=NO1. The normalized spacial score (nSPS) is 17.9. The molecule has 1 heterocycles. The fraction of sp³-hybridized carbons (Fsp3) is 0.500. The third kappa shape index (κ3) is 4.08. The number of oxime groups is 1. The molecule has 20 heavy (non-hydrogen) atoms. The summed E-state index contributed by atoms with van der Waals surface area (Å²) in [5, 5.41) is 13.3. The van der Waals surface area contributed by atoms with Crippen molar-refractivity contribution in [1.82, 2.24) is 0 Å². The molecule has 0 aliphatic carbocycles. The number of ketones is 1. The lowest BCUT2D eigenvalue weighted by molar-refractivity contribution is -0.121. The van der Waals surface area contributed by atoms with E-state index < -0.39 is 0 Å². The second-order valence-corrected chi connectivity index (χ2v) is 5.69. The molecular weight excluding hydrogens is 254 g/mol. The number of benzene rings is 1. The smallest absolute Gasteiger partial charge is 0.140 e. The first-order chi connectivity index (χ1) is 9.54. The minimum Gasteiger partial charge on any atom is -0.508 e. The third-order valence-electron chi connectivity index (χ3n) is 3.39. The van der Waals surface area contributed by atoms with Crippen molar-refractivity contribution in [3.63, 3.8) is 0 Å². The Hall–Kier alpha value is -1.84. The zero-order chi connectivity index (χ0) is 14.5. The van der Waals surface area contributed by atoms with Crippen LogP contribution in [0.4, 0.5) is 0 Å². The summed E-state index contributed by atoms with van der Waals surface area (Å²) in [4.78, 5) is 17.2. The first kappa shape index (κ1) is 14.6. The maximum atomic E-state index is 11.8. The molecule has 2 rings (SSSR count). The van der Waals surface area contributed by atoms with E-state index in [1.54, 1.807) is 24.3 Å². The van der Waals surface area contributed by atoms with Gasteiger partial charge < -0.3 is 9.94 Å². The fourth-order valence-corrected chi connectivity index (χ4v) is 2.17. The number of Topliss-reactive ketones (excluding diaryl/α,β-unsaturated/α-hetero) is 1. The number of aromatic hydroxyl groups is 1. The number of phenolic OH excluding ortho intramolecular Hbond substituents is 1. The highest BCUT2D eigenvalue weighted by atomic mass is 16.6. The summed E-state index contributed by atoms with van der Waals surface area (Å²) in [6.07, 6.45) is 2.48. The molecule has 0 radical (unpaired) electrons. The molecule has 0 spiro atoms. The standard InChI is InChI=1S/C16H21NO3/c1-11(2)3-6-14(19)9-15-10-16(17-20-15)12-4-7-13(18)8-5-12/h4-5,7-8,11,15,18H,3,6,9-10H2,1-2H3. The summed E-state index contributed by atoms with van der Waals surface area (Å²) in [7, 11) is 0. The molecule has 108 valence electrons. The van der Waals surface area contributed by atoms with Crippen molar-refractivity contribution in [3.05, 3.63) is 29.8 Å². The Morgan fingerprint density at radius 1 is 1.40 bits per heavy atom. The van der Waals surface area contributed by atoms with Crippen LogP contribution >= 0.6 is 0 Å². The molecule has 0 saturated carbocycles. The molecule has 1 unspecified atom stereocenters. The average Bonchev–Trinajstić information content (AvgIpc) is 2.85. The number of phenols is 1. The minimum absolute atomic E-state index is 0.140. The van der Waals surface area contributed by atoms with Crippen molar-refractivity contribution < 1.29 is 14.7 Å². The van der Waals surface area contributed by atoms with Gasteiger partial charge in [0.1, 0.15) is 17.6 Å². The molecule has 4 nitrogen and oxygen atoms in total. The molecule has 1 aliphatic heterocycles. The summed E-state index contributed by atoms with van der Waals surface area (Å²) < 4.78 is 0. The number of hydrogen-bond donors (Lipinski definition) is 1. The third-order valence-corrected chi connectivity index (χ3v) is 3.39. The largest absolute Gasteiger partial charge is 0.508 e. The first-order valence-electron chi connectivity index (χ1n) is 7.08. The molecule has 1 N–H and O–H groups in total. The van der Waals surface area contributed by atoms with Crippen LogP contribution in [0.15, 0.2) is 29.4 Å². The number of carbonyl (C=O) groups excluding carboxylic acids is 1. The second kappa shape index (κ2) is 6.55. The predicted molar refractivity (Wildman–Crippen MR) is 77.8 cm³/mol. The van der Waals surface area contributed by atoms with Crippen molar-refractivity contribution in [1.29, 1.82) is 0 Å². The van der Waals surface area contributed by atoms with Gasteiger partial charge in [0, 0.05) is 19.3 Å². The molecule has 1 atom stereocenters. The quantitative estimate of drug-likeness (QED) is 0.866. The predicted octanol–water partition coefficient (Wildman–Crippen LogP) is 3.28. The lowest BCUT2D eigenvalue weighted by Gasteiger charge is -2.08. The lowest BCUT2D eigenvalue weighted by atomic mass is 9.99. The number of carbonyl (C=O) groups is 1. The molecule has 1 aliphatic rings. The van der Waals surface area contributed by atoms with Gasteiger partial charge in [-0.2, -0.15) is 0 Å². The fourth-order valence-electron chi connectivity index (χ4n) is 2.17. The van der Waals surface area contributed by atoms with E-state index in [0.717, 1.165) is 17.7 Å². The van der Waals surface area contributed by atoms with E-state index in [9.17, 15) is 9.90 Å². The van der Waals surface area contributed by atoms with Crippen LogP contribution in [0.5, 0.6) is 5.75 Å². The molecule has 0 bridgehead atoms. The van der Waals surface area contributed by atoms with E-state index in [1.165, 1.54) is 0 Å². The van der Waals surface area contributed by atoms with Gasteiger partial charge in [0.2, 0.25) is 0 Å². The van der Waals surface area contributed by atoms with Crippen LogP contribution in [0.1, 0.15) is 45.1 Å². The van der Waals surface area contributed by atoms with Gasteiger partial charge in [-0.05, 0) is 42.2 Å². The van der Waals surface area contributed by atoms with Crippen molar-refractivity contribution in [3.8, 4) is 5.75 Å². The Balaban J connectivity index is 1.82. The molecule has 0 amide bonds. The summed E-state index contributed by atoms with van der Waals surface area (Å²) >= 11 is 0. The Bertz CT molecular complexity index is 491. The van der Waals surface area contributed by atoms with Gasteiger partial charge in [-0.25, -0.2) is 0 Å². The summed E-state index contributed by atoms with van der Waals surface area (Å²) in [5.41, 5.74) is 1.77. The van der Waals surface area contributed by atoms with Gasteiger partial charge in [0.05, 0.1) is 5.71 Å². The maximum absolute atomic E-state index is 11.8. The van der Waals surface area contributed by atoms with Crippen molar-refractivity contribution >= 4 is 11.5 Å². The Morgan fingerprint density at radius 3 is 2.75 bits per heavy atom. The zero-order valence-electron chi connectivity index (χ0n) is 12.0. The highest BCUT2D eigenvalue weighted by Crippen LogP contribution is 2.21. The second-order valence-electron chi connectivity index (χ2n) is 5.69. The van der Waals surface area contributed by atoms with Crippen LogP contribution in [0, 0.1) is 5.92 Å². The van der Waals surface area contributed by atoms with E-state index in [0.29, 0.717) is 25.2 Å². The molecule has 1 aromatic rings. The summed E-state index contributed by atoms with van der Waals surface area (Å²) in [6.45, 7) is 4.23. The van der Waals surface area contributed by atoms with Gasteiger partial charge in [0.15, 0.2) is 0 Å². The molecule has 1 aromatic carbocycles. The van der Waals surface area contributed by atoms with Crippen molar-refractivity contribution in [2.75, 3.05) is 0 Å². The average molecular weight is 275 g/mol. The van der Waals surface area contributed by atoms with E-state index >= 15 is 0 Å². The van der Waals surface area contributed by atoms with Crippen LogP contribution in [-0.4, -0.2) is 22.7 Å². The Labute approximate surface area is 119 Å². The molecule has 0 fully saturated rings. The maximum Gasteiger partial charge on any atom is 0.140 e. The summed E-state index contributed by atoms with van der Waals surface area (Å²) in [6, 6.07) is 6.86. The Kier molecular flexibility index (Phi) is 4.77. The van der Waals surface area contributed by atoms with E-state index in [4.69, 9.17) is 4.84 Å². The van der Waals surface area contributed by atoms with Crippen LogP contribution < -0.4 is 0 Å². The van der Waals surface area contributed by atoms with Crippen LogP contribution in [0.3, 0.4) is 0 Å². The first-order valence-corrected chi connectivity index (χ1v) is 7.08. The number of nitrogens with zero attached hydrogens (tertiary/aromatic N) is 1. The summed E-state index contributed by atoms with van der Waals surface area (Å²) in [5.74, 6) is 1.02. The Morgan fingerprint density at radius 2 is 2.10 bits per heavy atom. The lowest BCUT2D eigenvalue weighted by Crippen LogP contribution is -2.14. The number of rotatable bonds is 6. The van der Waals surface area contributed by atoms with E-state index in [1.807, 2.05) is 0 Å². The number of hydrogen-bond acceptors (Lipinski definition) is 4. The van der Waals surface area contributed by atoms with Gasteiger partial charge in [-0.1, -0.05) is 19.0 Å². The van der Waals surface area contributed by atoms with Crippen molar-refractivity contribution in [2.24, 2.45) is 11.1 Å². The minimum atomic E-state index is -0.140. The molecule has 0 saturated heterocycles. The highest BCUT2D eigenvalue weighted by Gasteiger charge is 2.24. The van der Waals surface area contributed by atoms with E-state index in [-0.39, 0.29) is 17.6 Å².